The average molecular weight is 344 g/mol. The molecule has 2 N–H and O–H groups in total. The summed E-state index contributed by atoms with van der Waals surface area (Å²) < 4.78 is 5.73. The average Bonchev–Trinajstić information content (AvgIpc) is 2.75. The zero-order chi connectivity index (χ0) is 18.2. The fourth-order valence-electron chi connectivity index (χ4n) is 5.29. The molecule has 2 fully saturated rings. The lowest BCUT2D eigenvalue weighted by Crippen LogP contribution is -2.68. The van der Waals surface area contributed by atoms with Crippen molar-refractivity contribution >= 4 is 11.6 Å². The molecule has 1 heterocycles. The molecule has 0 aromatic carbocycles. The third-order valence-electron chi connectivity index (χ3n) is 6.78. The standard InChI is InChI=1S/C20H24O5/c1-11-12-5-4-7-19(9-12,16(11)22)20(24)17(23)15-13(10-25-20)14(21)6-8-18(15,2)3/h4,6-8,12-13,15,17,23-24H,1,5,9-10H2,2-3H3/t12-,13-,15-,17+,19-,20+/m1/s1. The number of aliphatic hydroxyl groups excluding tert-OH is 1. The summed E-state index contributed by atoms with van der Waals surface area (Å²) in [7, 11) is 0. The van der Waals surface area contributed by atoms with Gasteiger partial charge in [0.05, 0.1) is 12.5 Å². The number of hydrogen-bond donors (Lipinski definition) is 2. The third kappa shape index (κ3) is 1.94. The summed E-state index contributed by atoms with van der Waals surface area (Å²) >= 11 is 0. The second-order valence-electron chi connectivity index (χ2n) is 8.51. The Hall–Kier alpha value is -1.56. The van der Waals surface area contributed by atoms with E-state index in [1.807, 2.05) is 19.9 Å². The Morgan fingerprint density at radius 3 is 2.72 bits per heavy atom. The lowest BCUT2D eigenvalue weighted by molar-refractivity contribution is -0.342. The van der Waals surface area contributed by atoms with E-state index in [0.717, 1.165) is 0 Å². The second kappa shape index (κ2) is 5.00. The van der Waals surface area contributed by atoms with Gasteiger partial charge in [-0.15, -0.1) is 0 Å². The van der Waals surface area contributed by atoms with Crippen molar-refractivity contribution < 1.29 is 24.5 Å². The molecule has 1 saturated heterocycles. The van der Waals surface area contributed by atoms with Gasteiger partial charge in [-0.25, -0.2) is 0 Å². The fourth-order valence-corrected chi connectivity index (χ4v) is 5.29. The Morgan fingerprint density at radius 2 is 2.00 bits per heavy atom. The Kier molecular flexibility index (Phi) is 3.37. The molecule has 3 aliphatic carbocycles. The molecular weight excluding hydrogens is 320 g/mol. The van der Waals surface area contributed by atoms with Gasteiger partial charge in [0.2, 0.25) is 5.79 Å². The lowest BCUT2D eigenvalue weighted by atomic mass is 9.58. The van der Waals surface area contributed by atoms with Crippen molar-refractivity contribution in [3.63, 3.8) is 0 Å². The molecule has 4 aliphatic rings. The first-order chi connectivity index (χ1) is 11.6. The van der Waals surface area contributed by atoms with Gasteiger partial charge in [-0.3, -0.25) is 9.59 Å². The molecular formula is C20H24O5. The maximum Gasteiger partial charge on any atom is 0.209 e. The van der Waals surface area contributed by atoms with Gasteiger partial charge < -0.3 is 14.9 Å². The van der Waals surface area contributed by atoms with Crippen LogP contribution in [0.4, 0.5) is 0 Å². The van der Waals surface area contributed by atoms with Crippen LogP contribution in [0.2, 0.25) is 0 Å². The zero-order valence-corrected chi connectivity index (χ0v) is 14.6. The number of hydrogen-bond acceptors (Lipinski definition) is 5. The van der Waals surface area contributed by atoms with Gasteiger partial charge in [0.1, 0.15) is 11.5 Å². The molecule has 0 unspecified atom stereocenters. The van der Waals surface area contributed by atoms with Gasteiger partial charge in [0.25, 0.3) is 0 Å². The molecule has 0 spiro atoms. The topological polar surface area (TPSA) is 83.8 Å². The van der Waals surface area contributed by atoms with Crippen LogP contribution in [-0.4, -0.2) is 40.3 Å². The molecule has 0 radical (unpaired) electrons. The normalized spacial score (nSPS) is 47.9. The smallest absolute Gasteiger partial charge is 0.209 e. The van der Waals surface area contributed by atoms with Crippen molar-refractivity contribution in [3.05, 3.63) is 36.5 Å². The van der Waals surface area contributed by atoms with E-state index in [4.69, 9.17) is 4.74 Å². The quantitative estimate of drug-likeness (QED) is 0.557. The van der Waals surface area contributed by atoms with Gasteiger partial charge in [0, 0.05) is 5.92 Å². The number of rotatable bonds is 1. The van der Waals surface area contributed by atoms with E-state index in [9.17, 15) is 19.8 Å². The minimum Gasteiger partial charge on any atom is -0.387 e. The van der Waals surface area contributed by atoms with E-state index in [-0.39, 0.29) is 24.1 Å². The molecule has 0 aromatic rings. The molecule has 4 rings (SSSR count). The number of aliphatic hydroxyl groups is 2. The first-order valence-corrected chi connectivity index (χ1v) is 8.83. The Bertz CT molecular complexity index is 732. The fraction of sp³-hybridized carbons (Fsp3) is 0.600. The predicted molar refractivity (Wildman–Crippen MR) is 90.3 cm³/mol. The van der Waals surface area contributed by atoms with E-state index >= 15 is 0 Å². The number of allylic oxidation sites excluding steroid dienone is 4. The maximum absolute atomic E-state index is 13.0. The summed E-state index contributed by atoms with van der Waals surface area (Å²) in [5.41, 5.74) is -1.34. The summed E-state index contributed by atoms with van der Waals surface area (Å²) in [6.07, 6.45) is 6.58. The van der Waals surface area contributed by atoms with Crippen LogP contribution in [0.25, 0.3) is 0 Å². The highest BCUT2D eigenvalue weighted by atomic mass is 16.6. The summed E-state index contributed by atoms with van der Waals surface area (Å²) in [6.45, 7) is 7.74. The van der Waals surface area contributed by atoms with Crippen molar-refractivity contribution in [3.8, 4) is 0 Å². The highest BCUT2D eigenvalue weighted by Gasteiger charge is 2.69. The molecule has 2 bridgehead atoms. The first-order valence-electron chi connectivity index (χ1n) is 8.83. The minimum atomic E-state index is -2.05. The Labute approximate surface area is 147 Å². The Morgan fingerprint density at radius 1 is 1.28 bits per heavy atom. The van der Waals surface area contributed by atoms with E-state index in [2.05, 4.69) is 6.58 Å². The van der Waals surface area contributed by atoms with Crippen LogP contribution in [-0.2, 0) is 14.3 Å². The van der Waals surface area contributed by atoms with Gasteiger partial charge in [0.15, 0.2) is 11.6 Å². The SMILES string of the molecule is C=C1C(=O)[C@@]2([C@@]3(O)OC[C@@H]4C(=O)C=CC(C)(C)[C@H]4[C@@H]3O)C=CC[C@@H]1C2. The number of Topliss-reactive ketones (excluding diaryl/α,β-unsaturated/α-hetero) is 1. The summed E-state index contributed by atoms with van der Waals surface area (Å²) in [4.78, 5) is 25.2. The lowest BCUT2D eigenvalue weighted by Gasteiger charge is -2.55. The molecule has 1 aliphatic heterocycles. The molecule has 25 heavy (non-hydrogen) atoms. The van der Waals surface area contributed by atoms with Crippen LogP contribution in [0.5, 0.6) is 0 Å². The van der Waals surface area contributed by atoms with Gasteiger partial charge in [-0.2, -0.15) is 0 Å². The number of ketones is 2. The predicted octanol–water partition coefficient (Wildman–Crippen LogP) is 1.56. The van der Waals surface area contributed by atoms with E-state index in [1.165, 1.54) is 6.08 Å². The van der Waals surface area contributed by atoms with Crippen LogP contribution < -0.4 is 0 Å². The van der Waals surface area contributed by atoms with Gasteiger partial charge >= 0.3 is 0 Å². The monoisotopic (exact) mass is 344 g/mol. The molecule has 5 heteroatoms. The first kappa shape index (κ1) is 16.9. The van der Waals surface area contributed by atoms with E-state index in [0.29, 0.717) is 18.4 Å². The Balaban J connectivity index is 1.81. The van der Waals surface area contributed by atoms with Crippen molar-refractivity contribution in [2.45, 2.75) is 38.6 Å². The van der Waals surface area contributed by atoms with Crippen molar-refractivity contribution in [1.82, 2.24) is 0 Å². The van der Waals surface area contributed by atoms with Crippen molar-refractivity contribution in [2.75, 3.05) is 6.61 Å². The van der Waals surface area contributed by atoms with Crippen molar-refractivity contribution in [2.24, 2.45) is 28.6 Å². The van der Waals surface area contributed by atoms with Crippen LogP contribution >= 0.6 is 0 Å². The molecule has 6 atom stereocenters. The molecule has 5 nitrogen and oxygen atoms in total. The summed E-state index contributed by atoms with van der Waals surface area (Å²) in [5, 5.41) is 22.6. The molecule has 0 aromatic heterocycles. The van der Waals surface area contributed by atoms with Gasteiger partial charge in [-0.1, -0.05) is 38.7 Å². The molecule has 134 valence electrons. The van der Waals surface area contributed by atoms with E-state index in [1.54, 1.807) is 12.2 Å². The minimum absolute atomic E-state index is 0.00908. The number of carbonyl (C=O) groups is 2. The van der Waals surface area contributed by atoms with Gasteiger partial charge in [-0.05, 0) is 35.8 Å². The van der Waals surface area contributed by atoms with Crippen LogP contribution in [0.15, 0.2) is 36.5 Å². The van der Waals surface area contributed by atoms with Crippen LogP contribution in [0.3, 0.4) is 0 Å². The molecule has 1 saturated carbocycles. The number of fused-ring (bicyclic) bond motifs is 3. The highest BCUT2D eigenvalue weighted by Crippen LogP contribution is 2.59. The number of carbonyl (C=O) groups excluding carboxylic acids is 2. The zero-order valence-electron chi connectivity index (χ0n) is 14.6. The second-order valence-corrected chi connectivity index (χ2v) is 8.51. The largest absolute Gasteiger partial charge is 0.387 e. The highest BCUT2D eigenvalue weighted by molar-refractivity contribution is 6.05. The van der Waals surface area contributed by atoms with Crippen LogP contribution in [0, 0.1) is 28.6 Å². The maximum atomic E-state index is 13.0. The summed E-state index contributed by atoms with van der Waals surface area (Å²) in [6, 6.07) is 0. The van der Waals surface area contributed by atoms with Crippen LogP contribution in [0.1, 0.15) is 26.7 Å². The van der Waals surface area contributed by atoms with E-state index < -0.39 is 34.6 Å². The van der Waals surface area contributed by atoms with Crippen molar-refractivity contribution in [1.29, 1.82) is 0 Å². The summed E-state index contributed by atoms with van der Waals surface area (Å²) in [5.74, 6) is -3.49. The number of ether oxygens (including phenoxy) is 1. The molecule has 0 amide bonds. The third-order valence-corrected chi connectivity index (χ3v) is 6.78.